The molecule has 0 spiro atoms. The average Bonchev–Trinajstić information content (AvgIpc) is 3.38. The maximum atomic E-state index is 5.19. The fourth-order valence-electron chi connectivity index (χ4n) is 9.41. The molecule has 11 aromatic carbocycles. The molecule has 0 saturated heterocycles. The van der Waals surface area contributed by atoms with Gasteiger partial charge >= 0.3 is 0 Å². The number of nitrogens with zero attached hydrogens (tertiary/aromatic N) is 2. The van der Waals surface area contributed by atoms with E-state index in [0.717, 1.165) is 44.8 Å². The fraction of sp³-hybridized carbons (Fsp3) is 0. The van der Waals surface area contributed by atoms with E-state index in [1.807, 2.05) is 18.2 Å². The second-order valence-electron chi connectivity index (χ2n) is 16.5. The van der Waals surface area contributed by atoms with E-state index in [1.165, 1.54) is 70.9 Å². The maximum Gasteiger partial charge on any atom is 0.160 e. The number of aromatic nitrogens is 2. The second-order valence-corrected chi connectivity index (χ2v) is 16.5. The van der Waals surface area contributed by atoms with Crippen LogP contribution in [-0.4, -0.2) is 9.97 Å². The summed E-state index contributed by atoms with van der Waals surface area (Å²) in [4.78, 5) is 10.3. The molecule has 1 heterocycles. The maximum absolute atomic E-state index is 5.19. The predicted octanol–water partition coefficient (Wildman–Crippen LogP) is 16.8. The molecule has 298 valence electrons. The molecule has 0 aliphatic rings. The summed E-state index contributed by atoms with van der Waals surface area (Å²) in [5.41, 5.74) is 14.4. The minimum Gasteiger partial charge on any atom is -0.228 e. The van der Waals surface area contributed by atoms with Gasteiger partial charge in [-0.1, -0.05) is 224 Å². The molecular formula is C62H40N2. The standard InChI is InChI=1S/C62H40N2/c1-2-14-49(15-3-1)62-63-59(40-60(64-62)56-21-11-10-19-54(56)52-35-30-41-12-4-5-16-50(41)38-52)47-31-26-44(27-32-47)42-22-24-43(25-23-42)45-28-33-48(34-29-45)61-55-20-9-7-17-51(55)39-58-53-18-8-6-13-46(53)36-37-57(58)61/h1-40H. The molecule has 0 aliphatic heterocycles. The predicted molar refractivity (Wildman–Crippen MR) is 270 cm³/mol. The summed E-state index contributed by atoms with van der Waals surface area (Å²) in [6, 6.07) is 87.2. The van der Waals surface area contributed by atoms with Crippen LogP contribution in [0.3, 0.4) is 0 Å². The van der Waals surface area contributed by atoms with Crippen molar-refractivity contribution in [1.82, 2.24) is 9.97 Å². The first-order valence-corrected chi connectivity index (χ1v) is 21.9. The molecule has 64 heavy (non-hydrogen) atoms. The molecule has 0 radical (unpaired) electrons. The van der Waals surface area contributed by atoms with Gasteiger partial charge in [0.25, 0.3) is 0 Å². The summed E-state index contributed by atoms with van der Waals surface area (Å²) in [6.45, 7) is 0. The number of fused-ring (bicyclic) bond motifs is 5. The lowest BCUT2D eigenvalue weighted by Crippen LogP contribution is -1.97. The first kappa shape index (κ1) is 37.3. The van der Waals surface area contributed by atoms with Gasteiger partial charge in [-0.25, -0.2) is 9.97 Å². The Morgan fingerprint density at radius 2 is 0.719 bits per heavy atom. The van der Waals surface area contributed by atoms with Crippen LogP contribution < -0.4 is 0 Å². The Balaban J connectivity index is 0.852. The summed E-state index contributed by atoms with van der Waals surface area (Å²) >= 11 is 0. The van der Waals surface area contributed by atoms with Crippen molar-refractivity contribution in [3.05, 3.63) is 243 Å². The normalized spacial score (nSPS) is 11.4. The van der Waals surface area contributed by atoms with Gasteiger partial charge in [-0.3, -0.25) is 0 Å². The molecule has 0 unspecified atom stereocenters. The van der Waals surface area contributed by atoms with Gasteiger partial charge in [-0.05, 0) is 106 Å². The quantitative estimate of drug-likeness (QED) is 0.118. The highest BCUT2D eigenvalue weighted by Crippen LogP contribution is 2.41. The van der Waals surface area contributed by atoms with Crippen LogP contribution in [-0.2, 0) is 0 Å². The van der Waals surface area contributed by atoms with E-state index in [2.05, 4.69) is 224 Å². The Labute approximate surface area is 372 Å². The van der Waals surface area contributed by atoms with Crippen molar-refractivity contribution < 1.29 is 0 Å². The van der Waals surface area contributed by atoms with Crippen molar-refractivity contribution in [2.45, 2.75) is 0 Å². The highest BCUT2D eigenvalue weighted by Gasteiger charge is 2.16. The number of hydrogen-bond donors (Lipinski definition) is 0. The van der Waals surface area contributed by atoms with Crippen molar-refractivity contribution in [2.75, 3.05) is 0 Å². The van der Waals surface area contributed by atoms with Crippen LogP contribution in [0.4, 0.5) is 0 Å². The van der Waals surface area contributed by atoms with Gasteiger partial charge in [-0.2, -0.15) is 0 Å². The molecule has 12 rings (SSSR count). The van der Waals surface area contributed by atoms with Gasteiger partial charge in [0, 0.05) is 16.7 Å². The topological polar surface area (TPSA) is 25.8 Å². The van der Waals surface area contributed by atoms with E-state index < -0.39 is 0 Å². The van der Waals surface area contributed by atoms with Gasteiger partial charge in [0.05, 0.1) is 11.4 Å². The number of hydrogen-bond acceptors (Lipinski definition) is 2. The Morgan fingerprint density at radius 1 is 0.219 bits per heavy atom. The molecule has 2 heteroatoms. The largest absolute Gasteiger partial charge is 0.228 e. The van der Waals surface area contributed by atoms with Crippen LogP contribution >= 0.6 is 0 Å². The number of rotatable bonds is 7. The van der Waals surface area contributed by atoms with E-state index in [4.69, 9.17) is 9.97 Å². The molecule has 0 aliphatic carbocycles. The Morgan fingerprint density at radius 3 is 1.42 bits per heavy atom. The Bertz CT molecular complexity index is 3680. The molecule has 0 saturated carbocycles. The van der Waals surface area contributed by atoms with Gasteiger partial charge in [0.15, 0.2) is 5.82 Å². The van der Waals surface area contributed by atoms with Gasteiger partial charge in [0.2, 0.25) is 0 Å². The highest BCUT2D eigenvalue weighted by molar-refractivity contribution is 6.20. The highest BCUT2D eigenvalue weighted by atomic mass is 14.9. The zero-order valence-electron chi connectivity index (χ0n) is 35.0. The Hall–Kier alpha value is -8.46. The zero-order valence-corrected chi connectivity index (χ0v) is 35.0. The monoisotopic (exact) mass is 812 g/mol. The van der Waals surface area contributed by atoms with Gasteiger partial charge < -0.3 is 0 Å². The van der Waals surface area contributed by atoms with Crippen LogP contribution in [0.1, 0.15) is 0 Å². The minimum absolute atomic E-state index is 0.702. The smallest absolute Gasteiger partial charge is 0.160 e. The summed E-state index contributed by atoms with van der Waals surface area (Å²) in [7, 11) is 0. The van der Waals surface area contributed by atoms with Crippen LogP contribution in [0.2, 0.25) is 0 Å². The molecule has 0 bridgehead atoms. The SMILES string of the molecule is c1ccc(-c2nc(-c3ccc(-c4ccc(-c5ccc(-c6c7ccccc7cc7c6ccc6ccccc67)cc5)cc4)cc3)cc(-c3ccccc3-c3ccc4ccccc4c3)n2)cc1. The van der Waals surface area contributed by atoms with E-state index in [0.29, 0.717) is 5.82 Å². The van der Waals surface area contributed by atoms with E-state index in [1.54, 1.807) is 0 Å². The lowest BCUT2D eigenvalue weighted by molar-refractivity contribution is 1.18. The lowest BCUT2D eigenvalue weighted by atomic mass is 9.89. The molecule has 0 amide bonds. The van der Waals surface area contributed by atoms with Crippen molar-refractivity contribution in [2.24, 2.45) is 0 Å². The third-order valence-electron chi connectivity index (χ3n) is 12.7. The fourth-order valence-corrected chi connectivity index (χ4v) is 9.41. The minimum atomic E-state index is 0.702. The van der Waals surface area contributed by atoms with Crippen molar-refractivity contribution >= 4 is 43.1 Å². The third-order valence-corrected chi connectivity index (χ3v) is 12.7. The van der Waals surface area contributed by atoms with Crippen LogP contribution in [0.5, 0.6) is 0 Å². The van der Waals surface area contributed by atoms with Crippen LogP contribution in [0, 0.1) is 0 Å². The number of benzene rings is 11. The van der Waals surface area contributed by atoms with E-state index in [9.17, 15) is 0 Å². The van der Waals surface area contributed by atoms with Crippen LogP contribution in [0.15, 0.2) is 243 Å². The van der Waals surface area contributed by atoms with Gasteiger partial charge in [-0.15, -0.1) is 0 Å². The van der Waals surface area contributed by atoms with Crippen molar-refractivity contribution in [3.8, 4) is 78.4 Å². The Kier molecular flexibility index (Phi) is 9.20. The first-order chi connectivity index (χ1) is 31.7. The molecular weight excluding hydrogens is 773 g/mol. The molecule has 0 fully saturated rings. The molecule has 12 aromatic rings. The summed E-state index contributed by atoms with van der Waals surface area (Å²) in [6.07, 6.45) is 0. The summed E-state index contributed by atoms with van der Waals surface area (Å²) < 4.78 is 0. The summed E-state index contributed by atoms with van der Waals surface area (Å²) in [5.74, 6) is 0.702. The second kappa shape index (κ2) is 15.8. The first-order valence-electron chi connectivity index (χ1n) is 21.9. The van der Waals surface area contributed by atoms with E-state index >= 15 is 0 Å². The summed E-state index contributed by atoms with van der Waals surface area (Å²) in [5, 5.41) is 10.1. The average molecular weight is 813 g/mol. The molecule has 2 nitrogen and oxygen atoms in total. The van der Waals surface area contributed by atoms with Gasteiger partial charge in [0.1, 0.15) is 0 Å². The third kappa shape index (κ3) is 6.79. The molecule has 1 aromatic heterocycles. The van der Waals surface area contributed by atoms with Crippen molar-refractivity contribution in [1.29, 1.82) is 0 Å². The molecule has 0 atom stereocenters. The molecule has 0 N–H and O–H groups in total. The zero-order chi connectivity index (χ0) is 42.4. The van der Waals surface area contributed by atoms with Crippen LogP contribution in [0.25, 0.3) is 122 Å². The van der Waals surface area contributed by atoms with E-state index in [-0.39, 0.29) is 0 Å². The lowest BCUT2D eigenvalue weighted by Gasteiger charge is -2.14. The van der Waals surface area contributed by atoms with Crippen molar-refractivity contribution in [3.63, 3.8) is 0 Å².